The minimum absolute atomic E-state index is 0.379. The summed E-state index contributed by atoms with van der Waals surface area (Å²) in [5.41, 5.74) is 0.838. The molecule has 0 radical (unpaired) electrons. The van der Waals surface area contributed by atoms with Gasteiger partial charge in [-0.2, -0.15) is 0 Å². The second-order valence-electron chi connectivity index (χ2n) is 7.91. The molecular weight excluding hydrogens is 236 g/mol. The van der Waals surface area contributed by atoms with Crippen LogP contribution in [0, 0.1) is 10.8 Å². The molecule has 0 saturated heterocycles. The largest absolute Gasteiger partial charge is 0.381 e. The van der Waals surface area contributed by atoms with Crippen molar-refractivity contribution in [3.05, 3.63) is 0 Å². The summed E-state index contributed by atoms with van der Waals surface area (Å²) in [6.45, 7) is 17.1. The van der Waals surface area contributed by atoms with Gasteiger partial charge in [0.25, 0.3) is 0 Å². The lowest BCUT2D eigenvalue weighted by atomic mass is 9.90. The first-order valence-electron chi connectivity index (χ1n) is 7.86. The molecule has 116 valence electrons. The van der Waals surface area contributed by atoms with Gasteiger partial charge < -0.3 is 9.47 Å². The number of rotatable bonds is 10. The molecule has 0 aliphatic heterocycles. The minimum atomic E-state index is 0.379. The van der Waals surface area contributed by atoms with E-state index in [1.54, 1.807) is 0 Å². The fraction of sp³-hybridized carbons (Fsp3) is 1.00. The Labute approximate surface area is 121 Å². The van der Waals surface area contributed by atoms with Crippen LogP contribution in [0.15, 0.2) is 0 Å². The number of hydrogen-bond acceptors (Lipinski definition) is 2. The van der Waals surface area contributed by atoms with Crippen molar-refractivity contribution in [2.45, 2.75) is 73.6 Å². The van der Waals surface area contributed by atoms with Gasteiger partial charge in [-0.15, -0.1) is 0 Å². The highest BCUT2D eigenvalue weighted by atomic mass is 16.5. The smallest absolute Gasteiger partial charge is 0.0487 e. The molecule has 0 aromatic carbocycles. The zero-order valence-electron chi connectivity index (χ0n) is 14.2. The summed E-state index contributed by atoms with van der Waals surface area (Å²) >= 11 is 0. The highest BCUT2D eigenvalue weighted by molar-refractivity contribution is 4.61. The molecule has 0 rings (SSSR count). The van der Waals surface area contributed by atoms with Crippen LogP contribution in [-0.2, 0) is 9.47 Å². The van der Waals surface area contributed by atoms with Crippen LogP contribution in [0.4, 0.5) is 0 Å². The minimum Gasteiger partial charge on any atom is -0.381 e. The molecule has 0 aliphatic carbocycles. The number of ether oxygens (including phenoxy) is 2. The molecule has 0 aromatic rings. The zero-order valence-corrected chi connectivity index (χ0v) is 14.2. The second kappa shape index (κ2) is 9.77. The van der Waals surface area contributed by atoms with Crippen LogP contribution in [0.25, 0.3) is 0 Å². The Morgan fingerprint density at radius 3 is 1.53 bits per heavy atom. The fourth-order valence-electron chi connectivity index (χ4n) is 1.70. The lowest BCUT2D eigenvalue weighted by Crippen LogP contribution is -2.11. The molecule has 0 saturated carbocycles. The molecule has 0 unspecified atom stereocenters. The summed E-state index contributed by atoms with van der Waals surface area (Å²) < 4.78 is 11.2. The van der Waals surface area contributed by atoms with Crippen LogP contribution < -0.4 is 0 Å². The summed E-state index contributed by atoms with van der Waals surface area (Å²) in [7, 11) is 0. The van der Waals surface area contributed by atoms with Crippen molar-refractivity contribution in [1.82, 2.24) is 0 Å². The summed E-state index contributed by atoms with van der Waals surface area (Å²) in [4.78, 5) is 0. The van der Waals surface area contributed by atoms with E-state index in [-0.39, 0.29) is 0 Å². The van der Waals surface area contributed by atoms with Gasteiger partial charge in [0.1, 0.15) is 0 Å². The van der Waals surface area contributed by atoms with Crippen LogP contribution in [-0.4, -0.2) is 26.4 Å². The SMILES string of the molecule is CC(C)(C)CCCCOCCCOCCC(C)(C)C. The normalized spacial score (nSPS) is 12.9. The van der Waals surface area contributed by atoms with Gasteiger partial charge >= 0.3 is 0 Å². The van der Waals surface area contributed by atoms with Crippen molar-refractivity contribution in [3.8, 4) is 0 Å². The van der Waals surface area contributed by atoms with E-state index in [4.69, 9.17) is 9.47 Å². The molecule has 2 heteroatoms. The Morgan fingerprint density at radius 1 is 0.526 bits per heavy atom. The first-order chi connectivity index (χ1) is 8.71. The topological polar surface area (TPSA) is 18.5 Å². The maximum absolute atomic E-state index is 5.62. The highest BCUT2D eigenvalue weighted by Gasteiger charge is 2.09. The van der Waals surface area contributed by atoms with Gasteiger partial charge in [0.15, 0.2) is 0 Å². The van der Waals surface area contributed by atoms with E-state index in [1.165, 1.54) is 19.3 Å². The van der Waals surface area contributed by atoms with Crippen LogP contribution in [0.1, 0.15) is 73.6 Å². The van der Waals surface area contributed by atoms with Crippen molar-refractivity contribution < 1.29 is 9.47 Å². The predicted molar refractivity (Wildman–Crippen MR) is 83.6 cm³/mol. The van der Waals surface area contributed by atoms with E-state index in [0.717, 1.165) is 39.3 Å². The van der Waals surface area contributed by atoms with Gasteiger partial charge in [-0.3, -0.25) is 0 Å². The summed E-state index contributed by atoms with van der Waals surface area (Å²) in [6, 6.07) is 0. The van der Waals surface area contributed by atoms with Gasteiger partial charge in [0.05, 0.1) is 0 Å². The summed E-state index contributed by atoms with van der Waals surface area (Å²) in [6.07, 6.45) is 5.88. The second-order valence-corrected chi connectivity index (χ2v) is 7.91. The van der Waals surface area contributed by atoms with Gasteiger partial charge in [0, 0.05) is 26.4 Å². The van der Waals surface area contributed by atoms with Crippen molar-refractivity contribution in [3.63, 3.8) is 0 Å². The molecule has 0 spiro atoms. The molecule has 0 aliphatic rings. The lowest BCUT2D eigenvalue weighted by Gasteiger charge is -2.17. The molecule has 0 N–H and O–H groups in total. The molecule has 2 nitrogen and oxygen atoms in total. The van der Waals surface area contributed by atoms with Crippen molar-refractivity contribution in [2.24, 2.45) is 10.8 Å². The van der Waals surface area contributed by atoms with E-state index >= 15 is 0 Å². The molecule has 0 fully saturated rings. The Balaban J connectivity index is 3.12. The molecular formula is C17H36O2. The Kier molecular flexibility index (Phi) is 9.72. The average molecular weight is 272 g/mol. The van der Waals surface area contributed by atoms with Gasteiger partial charge in [-0.05, 0) is 36.5 Å². The van der Waals surface area contributed by atoms with Crippen LogP contribution in [0.5, 0.6) is 0 Å². The predicted octanol–water partition coefficient (Wildman–Crippen LogP) is 5.06. The first-order valence-corrected chi connectivity index (χ1v) is 7.86. The van der Waals surface area contributed by atoms with Crippen molar-refractivity contribution in [2.75, 3.05) is 26.4 Å². The van der Waals surface area contributed by atoms with Gasteiger partial charge in [-0.25, -0.2) is 0 Å². The lowest BCUT2D eigenvalue weighted by molar-refractivity contribution is 0.0702. The molecule has 0 amide bonds. The Bertz CT molecular complexity index is 176. The molecule has 0 atom stereocenters. The quantitative estimate of drug-likeness (QED) is 0.517. The average Bonchev–Trinajstić information content (AvgIpc) is 2.22. The molecule has 0 bridgehead atoms. The van der Waals surface area contributed by atoms with E-state index in [1.807, 2.05) is 0 Å². The molecule has 0 heterocycles. The zero-order chi connectivity index (χ0) is 14.8. The van der Waals surface area contributed by atoms with E-state index in [9.17, 15) is 0 Å². The highest BCUT2D eigenvalue weighted by Crippen LogP contribution is 2.21. The van der Waals surface area contributed by atoms with E-state index in [0.29, 0.717) is 10.8 Å². The van der Waals surface area contributed by atoms with Crippen LogP contribution >= 0.6 is 0 Å². The Morgan fingerprint density at radius 2 is 1.00 bits per heavy atom. The van der Waals surface area contributed by atoms with Crippen molar-refractivity contribution in [1.29, 1.82) is 0 Å². The van der Waals surface area contributed by atoms with E-state index in [2.05, 4.69) is 41.5 Å². The summed E-state index contributed by atoms with van der Waals surface area (Å²) in [5, 5.41) is 0. The Hall–Kier alpha value is -0.0800. The standard InChI is InChI=1S/C17H36O2/c1-16(2,3)10-7-8-12-18-13-9-14-19-15-11-17(4,5)6/h7-15H2,1-6H3. The van der Waals surface area contributed by atoms with E-state index < -0.39 is 0 Å². The third kappa shape index (κ3) is 17.9. The third-order valence-electron chi connectivity index (χ3n) is 3.04. The maximum atomic E-state index is 5.62. The molecule has 19 heavy (non-hydrogen) atoms. The van der Waals surface area contributed by atoms with Crippen molar-refractivity contribution >= 4 is 0 Å². The summed E-state index contributed by atoms with van der Waals surface area (Å²) in [5.74, 6) is 0. The van der Waals surface area contributed by atoms with Gasteiger partial charge in [-0.1, -0.05) is 48.0 Å². The fourth-order valence-corrected chi connectivity index (χ4v) is 1.70. The first kappa shape index (κ1) is 18.9. The maximum Gasteiger partial charge on any atom is 0.0487 e. The third-order valence-corrected chi connectivity index (χ3v) is 3.04. The molecule has 0 aromatic heterocycles. The van der Waals surface area contributed by atoms with Gasteiger partial charge in [0.2, 0.25) is 0 Å². The number of hydrogen-bond donors (Lipinski definition) is 0. The number of unbranched alkanes of at least 4 members (excludes halogenated alkanes) is 1. The monoisotopic (exact) mass is 272 g/mol. The van der Waals surface area contributed by atoms with Crippen LogP contribution in [0.3, 0.4) is 0 Å². The van der Waals surface area contributed by atoms with Crippen LogP contribution in [0.2, 0.25) is 0 Å².